The van der Waals surface area contributed by atoms with Crippen LogP contribution in [0.2, 0.25) is 0 Å². The highest BCUT2D eigenvalue weighted by atomic mass is 16.7. The van der Waals surface area contributed by atoms with E-state index in [1.54, 1.807) is 0 Å². The molecule has 3 aromatic carbocycles. The van der Waals surface area contributed by atoms with Crippen LogP contribution in [0.15, 0.2) is 91.0 Å². The molecule has 0 aliphatic carbocycles. The van der Waals surface area contributed by atoms with Crippen molar-refractivity contribution in [1.29, 1.82) is 0 Å². The number of ether oxygens (including phenoxy) is 4. The predicted octanol–water partition coefficient (Wildman–Crippen LogP) is 3.45. The SMILES string of the molecule is OC[C@@H]1O[C@H](O)[C@@H](OCc2ccccc2)[C@H](OCc2ccccc2)[C@@H]1OCc1ccccc1. The number of hydrogen-bond acceptors (Lipinski definition) is 6. The Kier molecular flexibility index (Phi) is 8.60. The normalized spacial score (nSPS) is 25.1. The molecule has 0 radical (unpaired) electrons. The Balaban J connectivity index is 1.53. The van der Waals surface area contributed by atoms with Crippen molar-refractivity contribution in [3.63, 3.8) is 0 Å². The molecule has 1 fully saturated rings. The van der Waals surface area contributed by atoms with E-state index in [-0.39, 0.29) is 13.2 Å². The molecule has 0 saturated carbocycles. The Morgan fingerprint density at radius 3 is 1.39 bits per heavy atom. The van der Waals surface area contributed by atoms with Crippen molar-refractivity contribution < 1.29 is 29.2 Å². The fourth-order valence-corrected chi connectivity index (χ4v) is 3.91. The van der Waals surface area contributed by atoms with E-state index in [9.17, 15) is 10.2 Å². The zero-order valence-corrected chi connectivity index (χ0v) is 18.4. The minimum absolute atomic E-state index is 0.284. The maximum atomic E-state index is 10.7. The second-order valence-corrected chi connectivity index (χ2v) is 8.03. The first-order chi connectivity index (χ1) is 16.2. The van der Waals surface area contributed by atoms with Gasteiger partial charge in [-0.2, -0.15) is 0 Å². The van der Waals surface area contributed by atoms with Gasteiger partial charge in [-0.25, -0.2) is 0 Å². The molecule has 4 rings (SSSR count). The van der Waals surface area contributed by atoms with Crippen molar-refractivity contribution in [3.05, 3.63) is 108 Å². The molecule has 0 amide bonds. The summed E-state index contributed by atoms with van der Waals surface area (Å²) in [5, 5.41) is 20.7. The molecule has 5 atom stereocenters. The van der Waals surface area contributed by atoms with Gasteiger partial charge >= 0.3 is 0 Å². The molecule has 3 aromatic rings. The number of benzene rings is 3. The zero-order chi connectivity index (χ0) is 22.9. The van der Waals surface area contributed by atoms with E-state index >= 15 is 0 Å². The molecular weight excluding hydrogens is 420 g/mol. The lowest BCUT2D eigenvalue weighted by Gasteiger charge is -2.44. The van der Waals surface area contributed by atoms with Crippen LogP contribution in [0.1, 0.15) is 16.7 Å². The number of hydrogen-bond donors (Lipinski definition) is 2. The summed E-state index contributed by atoms with van der Waals surface area (Å²) in [7, 11) is 0. The van der Waals surface area contributed by atoms with Crippen LogP contribution in [0.5, 0.6) is 0 Å². The summed E-state index contributed by atoms with van der Waals surface area (Å²) >= 11 is 0. The Hall–Kier alpha value is -2.58. The van der Waals surface area contributed by atoms with Gasteiger partial charge in [0.25, 0.3) is 0 Å². The Morgan fingerprint density at radius 1 is 0.576 bits per heavy atom. The van der Waals surface area contributed by atoms with E-state index in [2.05, 4.69) is 0 Å². The third kappa shape index (κ3) is 6.48. The van der Waals surface area contributed by atoms with E-state index in [0.29, 0.717) is 13.2 Å². The average molecular weight is 451 g/mol. The molecule has 6 nitrogen and oxygen atoms in total. The Labute approximate surface area is 194 Å². The van der Waals surface area contributed by atoms with Gasteiger partial charge in [0.05, 0.1) is 26.4 Å². The lowest BCUT2D eigenvalue weighted by Crippen LogP contribution is -2.61. The first-order valence-electron chi connectivity index (χ1n) is 11.2. The van der Waals surface area contributed by atoms with Crippen LogP contribution in [0.3, 0.4) is 0 Å². The van der Waals surface area contributed by atoms with Crippen LogP contribution in [-0.4, -0.2) is 47.5 Å². The van der Waals surface area contributed by atoms with E-state index in [4.69, 9.17) is 18.9 Å². The number of aliphatic hydroxyl groups is 2. The molecule has 6 heteroatoms. The van der Waals surface area contributed by atoms with Crippen molar-refractivity contribution in [3.8, 4) is 0 Å². The largest absolute Gasteiger partial charge is 0.394 e. The molecule has 1 saturated heterocycles. The molecule has 1 aliphatic rings. The Bertz CT molecular complexity index is 937. The maximum Gasteiger partial charge on any atom is 0.184 e. The van der Waals surface area contributed by atoms with Crippen molar-refractivity contribution in [1.82, 2.24) is 0 Å². The van der Waals surface area contributed by atoms with Crippen LogP contribution in [0.25, 0.3) is 0 Å². The van der Waals surface area contributed by atoms with Gasteiger partial charge in [0.1, 0.15) is 24.4 Å². The van der Waals surface area contributed by atoms with Crippen LogP contribution < -0.4 is 0 Å². The van der Waals surface area contributed by atoms with Gasteiger partial charge in [-0.05, 0) is 16.7 Å². The van der Waals surface area contributed by atoms with E-state index < -0.39 is 30.7 Å². The van der Waals surface area contributed by atoms with Crippen molar-refractivity contribution in [2.75, 3.05) is 6.61 Å². The fraction of sp³-hybridized carbons (Fsp3) is 0.333. The van der Waals surface area contributed by atoms with Crippen LogP contribution in [0.4, 0.5) is 0 Å². The van der Waals surface area contributed by atoms with Crippen molar-refractivity contribution in [2.45, 2.75) is 50.5 Å². The highest BCUT2D eigenvalue weighted by molar-refractivity contribution is 5.15. The average Bonchev–Trinajstić information content (AvgIpc) is 2.87. The molecule has 1 aliphatic heterocycles. The summed E-state index contributed by atoms with van der Waals surface area (Å²) in [6, 6.07) is 29.3. The minimum Gasteiger partial charge on any atom is -0.394 e. The molecule has 0 spiro atoms. The summed E-state index contributed by atoms with van der Waals surface area (Å²) in [6.45, 7) is 0.601. The van der Waals surface area contributed by atoms with Crippen LogP contribution >= 0.6 is 0 Å². The molecule has 174 valence electrons. The minimum atomic E-state index is -1.26. The third-order valence-electron chi connectivity index (χ3n) is 5.65. The van der Waals surface area contributed by atoms with Gasteiger partial charge in [0, 0.05) is 0 Å². The predicted molar refractivity (Wildman–Crippen MR) is 123 cm³/mol. The number of aliphatic hydroxyl groups excluding tert-OH is 2. The first kappa shape index (κ1) is 23.6. The number of rotatable bonds is 10. The topological polar surface area (TPSA) is 77.4 Å². The molecule has 1 heterocycles. The smallest absolute Gasteiger partial charge is 0.184 e. The molecule has 0 unspecified atom stereocenters. The molecule has 0 aromatic heterocycles. The van der Waals surface area contributed by atoms with Crippen molar-refractivity contribution in [2.24, 2.45) is 0 Å². The molecular formula is C27H30O6. The van der Waals surface area contributed by atoms with E-state index in [0.717, 1.165) is 16.7 Å². The zero-order valence-electron chi connectivity index (χ0n) is 18.4. The molecule has 2 N–H and O–H groups in total. The summed E-state index contributed by atoms with van der Waals surface area (Å²) < 4.78 is 24.3. The summed E-state index contributed by atoms with van der Waals surface area (Å²) in [6.07, 6.45) is -4.09. The highest BCUT2D eigenvalue weighted by Gasteiger charge is 2.47. The lowest BCUT2D eigenvalue weighted by molar-refractivity contribution is -0.315. The van der Waals surface area contributed by atoms with Gasteiger partial charge in [-0.1, -0.05) is 91.0 Å². The Morgan fingerprint density at radius 2 is 0.970 bits per heavy atom. The highest BCUT2D eigenvalue weighted by Crippen LogP contribution is 2.29. The van der Waals surface area contributed by atoms with Gasteiger partial charge in [-0.15, -0.1) is 0 Å². The second kappa shape index (κ2) is 12.0. The molecule has 33 heavy (non-hydrogen) atoms. The fourth-order valence-electron chi connectivity index (χ4n) is 3.91. The maximum absolute atomic E-state index is 10.7. The second-order valence-electron chi connectivity index (χ2n) is 8.03. The summed E-state index contributed by atoms with van der Waals surface area (Å²) in [5.74, 6) is 0. The summed E-state index contributed by atoms with van der Waals surface area (Å²) in [4.78, 5) is 0. The van der Waals surface area contributed by atoms with Gasteiger partial charge in [-0.3, -0.25) is 0 Å². The lowest BCUT2D eigenvalue weighted by atomic mass is 9.98. The van der Waals surface area contributed by atoms with Crippen molar-refractivity contribution >= 4 is 0 Å². The third-order valence-corrected chi connectivity index (χ3v) is 5.65. The molecule has 0 bridgehead atoms. The van der Waals surface area contributed by atoms with E-state index in [1.807, 2.05) is 91.0 Å². The standard InChI is InChI=1S/C27H30O6/c28-16-23-24(30-17-20-10-4-1-5-11-20)25(31-18-21-12-6-2-7-13-21)26(27(29)33-23)32-19-22-14-8-3-9-15-22/h1-15,23-29H,16-19H2/t23-,24+,25+,26-,27-/m0/s1. The van der Waals surface area contributed by atoms with E-state index in [1.165, 1.54) is 0 Å². The van der Waals surface area contributed by atoms with Crippen LogP contribution in [-0.2, 0) is 38.8 Å². The summed E-state index contributed by atoms with van der Waals surface area (Å²) in [5.41, 5.74) is 2.95. The first-order valence-corrected chi connectivity index (χ1v) is 11.2. The van der Waals surface area contributed by atoms with Gasteiger partial charge in [0.2, 0.25) is 0 Å². The quantitative estimate of drug-likeness (QED) is 0.493. The van der Waals surface area contributed by atoms with Gasteiger partial charge in [0.15, 0.2) is 6.29 Å². The van der Waals surface area contributed by atoms with Gasteiger partial charge < -0.3 is 29.2 Å². The monoisotopic (exact) mass is 450 g/mol. The van der Waals surface area contributed by atoms with Crippen LogP contribution in [0, 0.1) is 0 Å².